The summed E-state index contributed by atoms with van der Waals surface area (Å²) < 4.78 is 21.7. The van der Waals surface area contributed by atoms with E-state index in [1.807, 2.05) is 35.5 Å². The van der Waals surface area contributed by atoms with Crippen LogP contribution in [0.4, 0.5) is 10.4 Å². The van der Waals surface area contributed by atoms with Crippen molar-refractivity contribution in [2.24, 2.45) is 5.92 Å². The second-order valence-electron chi connectivity index (χ2n) is 7.71. The van der Waals surface area contributed by atoms with Crippen LogP contribution in [0.3, 0.4) is 0 Å². The lowest BCUT2D eigenvalue weighted by Crippen LogP contribution is -2.26. The number of aromatic amines is 1. The number of oxazole rings is 1. The van der Waals surface area contributed by atoms with Crippen molar-refractivity contribution in [1.82, 2.24) is 34.7 Å². The minimum atomic E-state index is -0.502. The largest absolute Gasteiger partial charge is 0.404 e. The number of rotatable bonds is 5. The van der Waals surface area contributed by atoms with Crippen molar-refractivity contribution in [3.05, 3.63) is 49.3 Å². The molecule has 0 aromatic carbocycles. The maximum atomic E-state index is 14.1. The van der Waals surface area contributed by atoms with Crippen LogP contribution < -0.4 is 4.90 Å². The molecule has 1 aliphatic heterocycles. The van der Waals surface area contributed by atoms with E-state index in [0.717, 1.165) is 40.8 Å². The summed E-state index contributed by atoms with van der Waals surface area (Å²) in [6.45, 7) is 0.891. The summed E-state index contributed by atoms with van der Waals surface area (Å²) in [5.74, 6) is 0.0819. The number of aromatic nitrogens is 7. The SMILES string of the molecule is FCC([C@@H]1CCN(c2nc3cccnc3o2)C1)n1cc(-c2ncnc3[nH]ccc23)cn1. The summed E-state index contributed by atoms with van der Waals surface area (Å²) >= 11 is 0. The predicted octanol–water partition coefficient (Wildman–Crippen LogP) is 3.39. The Kier molecular flexibility index (Phi) is 4.15. The van der Waals surface area contributed by atoms with Gasteiger partial charge in [0.2, 0.25) is 5.71 Å². The molecule has 2 atom stereocenters. The fourth-order valence-electron chi connectivity index (χ4n) is 4.33. The van der Waals surface area contributed by atoms with Gasteiger partial charge in [0.1, 0.15) is 24.2 Å². The summed E-state index contributed by atoms with van der Waals surface area (Å²) in [5.41, 5.74) is 3.62. The van der Waals surface area contributed by atoms with Gasteiger partial charge >= 0.3 is 0 Å². The van der Waals surface area contributed by atoms with Gasteiger partial charge in [-0.25, -0.2) is 19.3 Å². The van der Waals surface area contributed by atoms with E-state index in [1.54, 1.807) is 17.1 Å². The Bertz CT molecular complexity index is 1320. The molecule has 6 rings (SSSR count). The van der Waals surface area contributed by atoms with Gasteiger partial charge in [0, 0.05) is 48.5 Å². The fraction of sp³-hybridized carbons (Fsp3) is 0.286. The number of nitrogens with zero attached hydrogens (tertiary/aromatic N) is 7. The van der Waals surface area contributed by atoms with Crippen LogP contribution in [-0.2, 0) is 0 Å². The molecule has 0 bridgehead atoms. The standard InChI is InChI=1S/C21H19FN8O/c22-8-17(13-4-7-29(10-13)21-28-16-2-1-5-24-20(16)31-21)30-11-14(9-27-30)18-15-3-6-23-19(15)26-12-25-18/h1-3,5-6,9,11-13,17H,4,7-8,10H2,(H,23,25,26)/t13-,17?/m1/s1. The zero-order chi connectivity index (χ0) is 20.8. The van der Waals surface area contributed by atoms with Crippen LogP contribution in [0.15, 0.2) is 53.7 Å². The van der Waals surface area contributed by atoms with Crippen LogP contribution >= 0.6 is 0 Å². The number of nitrogens with one attached hydrogen (secondary N) is 1. The average Bonchev–Trinajstić information content (AvgIpc) is 3.59. The van der Waals surface area contributed by atoms with Crippen molar-refractivity contribution in [2.75, 3.05) is 24.7 Å². The Labute approximate surface area is 176 Å². The van der Waals surface area contributed by atoms with Gasteiger partial charge in [-0.3, -0.25) is 4.68 Å². The second-order valence-corrected chi connectivity index (χ2v) is 7.71. The molecule has 0 aliphatic carbocycles. The number of anilines is 1. The monoisotopic (exact) mass is 418 g/mol. The maximum absolute atomic E-state index is 14.1. The summed E-state index contributed by atoms with van der Waals surface area (Å²) in [4.78, 5) is 22.5. The molecule has 6 heterocycles. The highest BCUT2D eigenvalue weighted by atomic mass is 19.1. The Morgan fingerprint density at radius 1 is 1.26 bits per heavy atom. The Morgan fingerprint density at radius 3 is 3.13 bits per heavy atom. The lowest BCUT2D eigenvalue weighted by atomic mass is 10.0. The average molecular weight is 418 g/mol. The minimum absolute atomic E-state index is 0.0819. The highest BCUT2D eigenvalue weighted by molar-refractivity contribution is 5.89. The lowest BCUT2D eigenvalue weighted by molar-refractivity contribution is 0.256. The number of H-pyrrole nitrogens is 1. The van der Waals surface area contributed by atoms with Crippen LogP contribution in [0.1, 0.15) is 12.5 Å². The fourth-order valence-corrected chi connectivity index (χ4v) is 4.33. The van der Waals surface area contributed by atoms with E-state index in [4.69, 9.17) is 4.42 Å². The van der Waals surface area contributed by atoms with E-state index >= 15 is 0 Å². The van der Waals surface area contributed by atoms with Gasteiger partial charge in [-0.1, -0.05) is 0 Å². The van der Waals surface area contributed by atoms with Gasteiger partial charge in [-0.05, 0) is 24.6 Å². The Hall–Kier alpha value is -3.82. The molecule has 10 heteroatoms. The topological polar surface area (TPSA) is 102 Å². The van der Waals surface area contributed by atoms with Gasteiger partial charge in [-0.15, -0.1) is 0 Å². The number of pyridine rings is 1. The van der Waals surface area contributed by atoms with Crippen molar-refractivity contribution < 1.29 is 8.81 Å². The summed E-state index contributed by atoms with van der Waals surface area (Å²) in [6.07, 6.45) is 9.44. The highest BCUT2D eigenvalue weighted by Crippen LogP contribution is 2.33. The summed E-state index contributed by atoms with van der Waals surface area (Å²) in [7, 11) is 0. The highest BCUT2D eigenvalue weighted by Gasteiger charge is 2.33. The first-order valence-corrected chi connectivity index (χ1v) is 10.2. The molecule has 0 radical (unpaired) electrons. The number of hydrogen-bond acceptors (Lipinski definition) is 7. The molecule has 1 saturated heterocycles. The van der Waals surface area contributed by atoms with Crippen molar-refractivity contribution in [2.45, 2.75) is 12.5 Å². The first kappa shape index (κ1) is 18.0. The lowest BCUT2D eigenvalue weighted by Gasteiger charge is -2.21. The van der Waals surface area contributed by atoms with E-state index in [2.05, 4.69) is 30.0 Å². The van der Waals surface area contributed by atoms with Crippen molar-refractivity contribution in [1.29, 1.82) is 0 Å². The van der Waals surface area contributed by atoms with Crippen LogP contribution in [0.25, 0.3) is 33.5 Å². The zero-order valence-electron chi connectivity index (χ0n) is 16.5. The van der Waals surface area contributed by atoms with Crippen LogP contribution in [-0.4, -0.2) is 54.5 Å². The molecule has 156 valence electrons. The molecule has 1 unspecified atom stereocenters. The van der Waals surface area contributed by atoms with Crippen LogP contribution in [0.5, 0.6) is 0 Å². The second kappa shape index (κ2) is 7.15. The Morgan fingerprint density at radius 2 is 2.23 bits per heavy atom. The first-order chi connectivity index (χ1) is 15.3. The summed E-state index contributed by atoms with van der Waals surface area (Å²) in [5, 5.41) is 5.38. The van der Waals surface area contributed by atoms with Crippen molar-refractivity contribution in [3.8, 4) is 11.3 Å². The van der Waals surface area contributed by atoms with Gasteiger partial charge in [0.15, 0.2) is 0 Å². The Balaban J connectivity index is 1.25. The number of halogens is 1. The molecule has 5 aromatic heterocycles. The number of alkyl halides is 1. The molecule has 0 spiro atoms. The molecule has 1 N–H and O–H groups in total. The summed E-state index contributed by atoms with van der Waals surface area (Å²) in [6, 6.07) is 5.79. The third-order valence-corrected chi connectivity index (χ3v) is 5.92. The number of hydrogen-bond donors (Lipinski definition) is 1. The molecule has 5 aromatic rings. The van der Waals surface area contributed by atoms with E-state index in [9.17, 15) is 4.39 Å². The van der Waals surface area contributed by atoms with Crippen molar-refractivity contribution >= 4 is 28.3 Å². The van der Waals surface area contributed by atoms with Gasteiger partial charge < -0.3 is 14.3 Å². The first-order valence-electron chi connectivity index (χ1n) is 10.2. The van der Waals surface area contributed by atoms with E-state index in [1.165, 1.54) is 6.33 Å². The normalized spacial score (nSPS) is 17.7. The van der Waals surface area contributed by atoms with E-state index < -0.39 is 6.67 Å². The smallest absolute Gasteiger partial charge is 0.299 e. The number of fused-ring (bicyclic) bond motifs is 2. The third kappa shape index (κ3) is 3.02. The zero-order valence-corrected chi connectivity index (χ0v) is 16.5. The quantitative estimate of drug-likeness (QED) is 0.467. The predicted molar refractivity (Wildman–Crippen MR) is 112 cm³/mol. The molecule has 31 heavy (non-hydrogen) atoms. The van der Waals surface area contributed by atoms with Crippen LogP contribution in [0.2, 0.25) is 0 Å². The molecule has 0 saturated carbocycles. The molecular formula is C21H19FN8O. The van der Waals surface area contributed by atoms with E-state index in [0.29, 0.717) is 18.3 Å². The van der Waals surface area contributed by atoms with Crippen molar-refractivity contribution in [3.63, 3.8) is 0 Å². The van der Waals surface area contributed by atoms with Gasteiger partial charge in [0.25, 0.3) is 6.01 Å². The molecular weight excluding hydrogens is 399 g/mol. The molecule has 1 aliphatic rings. The van der Waals surface area contributed by atoms with Crippen LogP contribution in [0, 0.1) is 5.92 Å². The molecule has 1 fully saturated rings. The molecule has 0 amide bonds. The van der Waals surface area contributed by atoms with Gasteiger partial charge in [0.05, 0.1) is 17.9 Å². The van der Waals surface area contributed by atoms with E-state index in [-0.39, 0.29) is 12.0 Å². The third-order valence-electron chi connectivity index (χ3n) is 5.92. The van der Waals surface area contributed by atoms with Gasteiger partial charge in [-0.2, -0.15) is 10.1 Å². The maximum Gasteiger partial charge on any atom is 0.299 e. The minimum Gasteiger partial charge on any atom is -0.404 e. The molecule has 9 nitrogen and oxygen atoms in total.